The van der Waals surface area contributed by atoms with Crippen molar-refractivity contribution in [1.82, 2.24) is 15.1 Å². The second-order valence-electron chi connectivity index (χ2n) is 8.43. The van der Waals surface area contributed by atoms with Crippen LogP contribution in [0.4, 0.5) is 0 Å². The predicted octanol–water partition coefficient (Wildman–Crippen LogP) is 3.21. The summed E-state index contributed by atoms with van der Waals surface area (Å²) in [7, 11) is 1.90. The molecule has 0 saturated heterocycles. The van der Waals surface area contributed by atoms with Crippen molar-refractivity contribution in [1.29, 1.82) is 0 Å². The molecule has 168 valence electrons. The maximum Gasteiger partial charge on any atom is 0.320 e. The molecule has 3 rings (SSSR count). The highest BCUT2D eigenvalue weighted by Crippen LogP contribution is 2.27. The summed E-state index contributed by atoms with van der Waals surface area (Å²) >= 11 is 0. The minimum Gasteiger partial charge on any atom is -0.480 e. The molecule has 0 bridgehead atoms. The number of aliphatic carboxylic acids is 1. The molecule has 1 aromatic heterocycles. The maximum atomic E-state index is 12.6. The topological polar surface area (TPSA) is 110 Å². The molecule has 3 aromatic rings. The molecule has 1 amide bonds. The van der Waals surface area contributed by atoms with Crippen LogP contribution in [0.2, 0.25) is 0 Å². The highest BCUT2D eigenvalue weighted by atomic mass is 16.4. The quantitative estimate of drug-likeness (QED) is 0.479. The molecule has 0 saturated carbocycles. The third kappa shape index (κ3) is 5.82. The molecule has 0 aliphatic rings. The molecular weight excluding hydrogens is 404 g/mol. The summed E-state index contributed by atoms with van der Waals surface area (Å²) in [4.78, 5) is 23.5. The Kier molecular flexibility index (Phi) is 7.43. The van der Waals surface area contributed by atoms with E-state index in [9.17, 15) is 9.59 Å². The van der Waals surface area contributed by atoms with Crippen molar-refractivity contribution in [2.75, 3.05) is 6.54 Å². The average molecular weight is 435 g/mol. The molecule has 4 N–H and O–H groups in total. The van der Waals surface area contributed by atoms with Gasteiger partial charge in [0.15, 0.2) is 0 Å². The summed E-state index contributed by atoms with van der Waals surface area (Å²) in [5.74, 6) is -0.675. The highest BCUT2D eigenvalue weighted by Gasteiger charge is 2.18. The van der Waals surface area contributed by atoms with E-state index in [1.54, 1.807) is 28.9 Å². The Balaban J connectivity index is 1.63. The van der Waals surface area contributed by atoms with Crippen molar-refractivity contribution in [3.63, 3.8) is 0 Å². The Bertz CT molecular complexity index is 1060. The van der Waals surface area contributed by atoms with E-state index in [-0.39, 0.29) is 18.2 Å². The number of rotatable bonds is 9. The summed E-state index contributed by atoms with van der Waals surface area (Å²) in [5, 5.41) is 16.2. The van der Waals surface area contributed by atoms with Crippen molar-refractivity contribution in [3.8, 4) is 11.1 Å². The smallest absolute Gasteiger partial charge is 0.320 e. The number of nitrogens with two attached hydrogens (primary N) is 1. The number of carboxylic acids is 1. The number of aromatic nitrogens is 2. The van der Waals surface area contributed by atoms with E-state index in [0.29, 0.717) is 18.0 Å². The van der Waals surface area contributed by atoms with E-state index in [2.05, 4.69) is 48.5 Å². The van der Waals surface area contributed by atoms with Crippen LogP contribution in [-0.4, -0.2) is 39.4 Å². The van der Waals surface area contributed by atoms with Crippen molar-refractivity contribution in [3.05, 3.63) is 77.6 Å². The zero-order valence-corrected chi connectivity index (χ0v) is 18.7. The van der Waals surface area contributed by atoms with Gasteiger partial charge in [0.1, 0.15) is 6.04 Å². The third-order valence-electron chi connectivity index (χ3n) is 5.65. The molecule has 0 fully saturated rings. The van der Waals surface area contributed by atoms with Gasteiger partial charge in [0, 0.05) is 36.8 Å². The van der Waals surface area contributed by atoms with Crippen LogP contribution in [0.15, 0.2) is 60.9 Å². The van der Waals surface area contributed by atoms with Gasteiger partial charge in [-0.15, -0.1) is 0 Å². The van der Waals surface area contributed by atoms with Crippen molar-refractivity contribution in [2.45, 2.75) is 32.2 Å². The lowest BCUT2D eigenvalue weighted by molar-refractivity contribution is -0.138. The molecule has 2 aromatic carbocycles. The lowest BCUT2D eigenvalue weighted by atomic mass is 9.87. The molecule has 7 nitrogen and oxygen atoms in total. The Labute approximate surface area is 188 Å². The Hall–Kier alpha value is -3.45. The summed E-state index contributed by atoms with van der Waals surface area (Å²) in [6, 6.07) is 14.3. The van der Waals surface area contributed by atoms with Crippen LogP contribution in [0.1, 0.15) is 41.3 Å². The van der Waals surface area contributed by atoms with Crippen LogP contribution < -0.4 is 11.1 Å². The SMILES string of the molecule is CC(C)C(CNC(=O)c1ccc(CC(N)C(=O)O)cc1)c1ccc(-c2cnn(C)c2)cc1. The lowest BCUT2D eigenvalue weighted by Gasteiger charge is -2.22. The monoisotopic (exact) mass is 434 g/mol. The summed E-state index contributed by atoms with van der Waals surface area (Å²) in [6.07, 6.45) is 4.05. The van der Waals surface area contributed by atoms with E-state index < -0.39 is 12.0 Å². The molecule has 7 heteroatoms. The van der Waals surface area contributed by atoms with Gasteiger partial charge in [0.25, 0.3) is 5.91 Å². The minimum absolute atomic E-state index is 0.156. The van der Waals surface area contributed by atoms with E-state index in [0.717, 1.165) is 16.7 Å². The van der Waals surface area contributed by atoms with Gasteiger partial charge >= 0.3 is 5.97 Å². The van der Waals surface area contributed by atoms with Gasteiger partial charge in [-0.05, 0) is 41.2 Å². The summed E-state index contributed by atoms with van der Waals surface area (Å²) < 4.78 is 1.78. The minimum atomic E-state index is -1.04. The number of benzene rings is 2. The van der Waals surface area contributed by atoms with Gasteiger partial charge in [-0.1, -0.05) is 50.2 Å². The van der Waals surface area contributed by atoms with Gasteiger partial charge in [-0.2, -0.15) is 5.10 Å². The third-order valence-corrected chi connectivity index (χ3v) is 5.65. The van der Waals surface area contributed by atoms with Crippen molar-refractivity contribution in [2.24, 2.45) is 18.7 Å². The number of carboxylic acid groups (broad SMARTS) is 1. The fourth-order valence-electron chi connectivity index (χ4n) is 3.67. The van der Waals surface area contributed by atoms with Gasteiger partial charge in [0.2, 0.25) is 0 Å². The number of hydrogen-bond donors (Lipinski definition) is 3. The second kappa shape index (κ2) is 10.2. The number of carbonyl (C=O) groups is 2. The van der Waals surface area contributed by atoms with Crippen molar-refractivity contribution < 1.29 is 14.7 Å². The van der Waals surface area contributed by atoms with Crippen LogP contribution in [0.3, 0.4) is 0 Å². The molecule has 0 aliphatic heterocycles. The number of hydrogen-bond acceptors (Lipinski definition) is 4. The molecule has 0 spiro atoms. The molecule has 0 radical (unpaired) electrons. The molecular formula is C25H30N4O3. The summed E-state index contributed by atoms with van der Waals surface area (Å²) in [6.45, 7) is 4.81. The first kappa shape index (κ1) is 23.2. The normalized spacial score (nSPS) is 13.0. The highest BCUT2D eigenvalue weighted by molar-refractivity contribution is 5.94. The van der Waals surface area contributed by atoms with Gasteiger partial charge in [-0.3, -0.25) is 14.3 Å². The first-order valence-electron chi connectivity index (χ1n) is 10.7. The van der Waals surface area contributed by atoms with Crippen molar-refractivity contribution >= 4 is 11.9 Å². The zero-order chi connectivity index (χ0) is 23.3. The second-order valence-corrected chi connectivity index (χ2v) is 8.43. The number of aryl methyl sites for hydroxylation is 1. The van der Waals surface area contributed by atoms with E-state index in [4.69, 9.17) is 10.8 Å². The van der Waals surface area contributed by atoms with Crippen LogP contribution in [0.25, 0.3) is 11.1 Å². The standard InChI is InChI=1S/C25H30N4O3/c1-16(2)22(19-10-8-18(9-11-19)21-13-28-29(3)15-21)14-27-24(30)20-6-4-17(5-7-20)12-23(26)25(31)32/h4-11,13,15-16,22-23H,12,14,26H2,1-3H3,(H,27,30)(H,31,32). The van der Waals surface area contributed by atoms with E-state index >= 15 is 0 Å². The van der Waals surface area contributed by atoms with Crippen LogP contribution in [0, 0.1) is 5.92 Å². The largest absolute Gasteiger partial charge is 0.480 e. The Morgan fingerprint density at radius 3 is 2.25 bits per heavy atom. The molecule has 1 heterocycles. The number of nitrogens with zero attached hydrogens (tertiary/aromatic N) is 2. The first-order chi connectivity index (χ1) is 15.2. The molecule has 0 aliphatic carbocycles. The zero-order valence-electron chi connectivity index (χ0n) is 18.7. The van der Waals surface area contributed by atoms with Gasteiger partial charge in [-0.25, -0.2) is 0 Å². The molecule has 32 heavy (non-hydrogen) atoms. The first-order valence-corrected chi connectivity index (χ1v) is 10.7. The number of nitrogens with one attached hydrogen (secondary N) is 1. The average Bonchev–Trinajstić information content (AvgIpc) is 3.20. The van der Waals surface area contributed by atoms with Crippen LogP contribution in [-0.2, 0) is 18.3 Å². The maximum absolute atomic E-state index is 12.6. The molecule has 2 unspecified atom stereocenters. The number of carbonyl (C=O) groups excluding carboxylic acids is 1. The number of amides is 1. The fraction of sp³-hybridized carbons (Fsp3) is 0.320. The lowest BCUT2D eigenvalue weighted by Crippen LogP contribution is -2.32. The van der Waals surface area contributed by atoms with Crippen LogP contribution >= 0.6 is 0 Å². The van der Waals surface area contributed by atoms with E-state index in [1.807, 2.05) is 19.4 Å². The van der Waals surface area contributed by atoms with Gasteiger partial charge in [0.05, 0.1) is 6.20 Å². The Morgan fingerprint density at radius 1 is 1.06 bits per heavy atom. The van der Waals surface area contributed by atoms with Gasteiger partial charge < -0.3 is 16.2 Å². The fourth-order valence-corrected chi connectivity index (χ4v) is 3.67. The molecule has 2 atom stereocenters. The summed E-state index contributed by atoms with van der Waals surface area (Å²) in [5.41, 5.74) is 10.2. The van der Waals surface area contributed by atoms with Crippen LogP contribution in [0.5, 0.6) is 0 Å². The Morgan fingerprint density at radius 2 is 1.72 bits per heavy atom. The predicted molar refractivity (Wildman–Crippen MR) is 124 cm³/mol. The van der Waals surface area contributed by atoms with E-state index in [1.165, 1.54) is 5.56 Å².